The molecule has 96 valence electrons. The van der Waals surface area contributed by atoms with Gasteiger partial charge in [-0.25, -0.2) is 4.79 Å². The van der Waals surface area contributed by atoms with E-state index in [4.69, 9.17) is 0 Å². The van der Waals surface area contributed by atoms with Crippen molar-refractivity contribution in [3.8, 4) is 0 Å². The number of esters is 1. The highest BCUT2D eigenvalue weighted by molar-refractivity contribution is 5.78. The van der Waals surface area contributed by atoms with Crippen molar-refractivity contribution < 1.29 is 31.5 Å². The summed E-state index contributed by atoms with van der Waals surface area (Å²) in [6, 6.07) is 0. The molecular formula is C9H13F5O2. The summed E-state index contributed by atoms with van der Waals surface area (Å²) in [6.07, 6.45) is -5.27. The first-order valence-corrected chi connectivity index (χ1v) is 4.78. The van der Waals surface area contributed by atoms with Crippen LogP contribution in [0.2, 0.25) is 0 Å². The maximum atomic E-state index is 12.4. The van der Waals surface area contributed by atoms with E-state index in [-0.39, 0.29) is 6.42 Å². The lowest BCUT2D eigenvalue weighted by atomic mass is 10.2. The Hall–Kier alpha value is -0.880. The fourth-order valence-corrected chi connectivity index (χ4v) is 0.923. The third-order valence-electron chi connectivity index (χ3n) is 1.88. The van der Waals surface area contributed by atoms with Crippen molar-refractivity contribution in [1.29, 1.82) is 0 Å². The van der Waals surface area contributed by atoms with Crippen LogP contribution < -0.4 is 0 Å². The van der Waals surface area contributed by atoms with Gasteiger partial charge in [0, 0.05) is 0 Å². The van der Waals surface area contributed by atoms with Gasteiger partial charge in [0.2, 0.25) is 0 Å². The van der Waals surface area contributed by atoms with Crippen molar-refractivity contribution in [3.05, 3.63) is 0 Å². The quantitative estimate of drug-likeness (QED) is 0.551. The van der Waals surface area contributed by atoms with Crippen LogP contribution >= 0.6 is 0 Å². The topological polar surface area (TPSA) is 26.3 Å². The SMILES string of the molecule is CCCCC(C)OC(=O)C(F)(F)C(F)(F)F. The van der Waals surface area contributed by atoms with Gasteiger partial charge >= 0.3 is 18.1 Å². The van der Waals surface area contributed by atoms with Crippen molar-refractivity contribution >= 4 is 5.97 Å². The maximum absolute atomic E-state index is 12.4. The van der Waals surface area contributed by atoms with E-state index in [1.54, 1.807) is 0 Å². The van der Waals surface area contributed by atoms with Gasteiger partial charge in [0.1, 0.15) is 0 Å². The monoisotopic (exact) mass is 248 g/mol. The van der Waals surface area contributed by atoms with Gasteiger partial charge in [-0.15, -0.1) is 0 Å². The number of unbranched alkanes of at least 4 members (excludes halogenated alkanes) is 1. The average Bonchev–Trinajstić information content (AvgIpc) is 2.12. The summed E-state index contributed by atoms with van der Waals surface area (Å²) in [5.74, 6) is -7.98. The van der Waals surface area contributed by atoms with E-state index in [1.165, 1.54) is 6.92 Å². The fraction of sp³-hybridized carbons (Fsp3) is 0.889. The van der Waals surface area contributed by atoms with Crippen LogP contribution in [-0.4, -0.2) is 24.2 Å². The first-order valence-electron chi connectivity index (χ1n) is 4.78. The van der Waals surface area contributed by atoms with Crippen molar-refractivity contribution in [3.63, 3.8) is 0 Å². The van der Waals surface area contributed by atoms with Crippen molar-refractivity contribution in [2.45, 2.75) is 51.3 Å². The van der Waals surface area contributed by atoms with Gasteiger partial charge in [0.05, 0.1) is 6.10 Å². The number of halogens is 5. The molecule has 0 aliphatic carbocycles. The zero-order valence-electron chi connectivity index (χ0n) is 8.90. The number of hydrogen-bond donors (Lipinski definition) is 0. The third-order valence-corrected chi connectivity index (χ3v) is 1.88. The van der Waals surface area contributed by atoms with E-state index in [1.807, 2.05) is 6.92 Å². The molecule has 0 amide bonds. The lowest BCUT2D eigenvalue weighted by Crippen LogP contribution is -2.46. The molecule has 0 aromatic rings. The second kappa shape index (κ2) is 5.45. The van der Waals surface area contributed by atoms with Gasteiger partial charge in [-0.05, 0) is 13.3 Å². The molecule has 0 rings (SSSR count). The van der Waals surface area contributed by atoms with Gasteiger partial charge in [-0.2, -0.15) is 22.0 Å². The molecule has 0 bridgehead atoms. The van der Waals surface area contributed by atoms with Crippen LogP contribution in [0.15, 0.2) is 0 Å². The molecule has 7 heteroatoms. The summed E-state index contributed by atoms with van der Waals surface area (Å²) < 4.78 is 64.1. The van der Waals surface area contributed by atoms with Crippen LogP contribution in [-0.2, 0) is 9.53 Å². The molecule has 0 aromatic carbocycles. The molecule has 0 aliphatic rings. The van der Waals surface area contributed by atoms with E-state index in [0.29, 0.717) is 6.42 Å². The molecule has 1 atom stereocenters. The number of hydrogen-bond acceptors (Lipinski definition) is 2. The zero-order chi connectivity index (χ0) is 13.0. The molecule has 1 unspecified atom stereocenters. The Morgan fingerprint density at radius 2 is 1.75 bits per heavy atom. The Balaban J connectivity index is 4.35. The number of alkyl halides is 5. The normalized spacial score (nSPS) is 14.7. The number of rotatable bonds is 5. The van der Waals surface area contributed by atoms with E-state index >= 15 is 0 Å². The van der Waals surface area contributed by atoms with Gasteiger partial charge in [-0.3, -0.25) is 0 Å². The minimum absolute atomic E-state index is 0.260. The predicted molar refractivity (Wildman–Crippen MR) is 46.1 cm³/mol. The third kappa shape index (κ3) is 3.94. The summed E-state index contributed by atoms with van der Waals surface area (Å²) in [4.78, 5) is 10.6. The molecule has 0 spiro atoms. The molecule has 0 aromatic heterocycles. The molecule has 0 radical (unpaired) electrons. The van der Waals surface area contributed by atoms with E-state index in [0.717, 1.165) is 6.42 Å². The van der Waals surface area contributed by atoms with Gasteiger partial charge in [0.25, 0.3) is 0 Å². The largest absolute Gasteiger partial charge is 0.465 e. The molecule has 0 saturated heterocycles. The summed E-state index contributed by atoms with van der Waals surface area (Å²) in [6.45, 7) is 3.10. The predicted octanol–water partition coefficient (Wildman–Crippen LogP) is 3.31. The summed E-state index contributed by atoms with van der Waals surface area (Å²) in [5, 5.41) is 0. The van der Waals surface area contributed by atoms with Crippen molar-refractivity contribution in [1.82, 2.24) is 0 Å². The Kier molecular flexibility index (Phi) is 5.15. The smallest absolute Gasteiger partial charge is 0.458 e. The summed E-state index contributed by atoms with van der Waals surface area (Å²) >= 11 is 0. The Morgan fingerprint density at radius 1 is 1.25 bits per heavy atom. The lowest BCUT2D eigenvalue weighted by molar-refractivity contribution is -0.282. The molecule has 0 N–H and O–H groups in total. The maximum Gasteiger partial charge on any atom is 0.465 e. The first kappa shape index (κ1) is 15.1. The Morgan fingerprint density at radius 3 is 2.12 bits per heavy atom. The minimum atomic E-state index is -5.91. The van der Waals surface area contributed by atoms with Gasteiger partial charge < -0.3 is 4.74 Å². The minimum Gasteiger partial charge on any atom is -0.458 e. The van der Waals surface area contributed by atoms with Crippen LogP contribution in [0.3, 0.4) is 0 Å². The molecule has 0 heterocycles. The second-order valence-electron chi connectivity index (χ2n) is 3.43. The highest BCUT2D eigenvalue weighted by Crippen LogP contribution is 2.36. The zero-order valence-corrected chi connectivity index (χ0v) is 8.90. The second-order valence-corrected chi connectivity index (χ2v) is 3.43. The van der Waals surface area contributed by atoms with Crippen molar-refractivity contribution in [2.75, 3.05) is 0 Å². The summed E-state index contributed by atoms with van der Waals surface area (Å²) in [7, 11) is 0. The van der Waals surface area contributed by atoms with Crippen molar-refractivity contribution in [2.24, 2.45) is 0 Å². The van der Waals surface area contributed by atoms with Crippen LogP contribution in [0.4, 0.5) is 22.0 Å². The van der Waals surface area contributed by atoms with E-state index in [2.05, 4.69) is 4.74 Å². The number of ether oxygens (including phenoxy) is 1. The highest BCUT2D eigenvalue weighted by atomic mass is 19.4. The van der Waals surface area contributed by atoms with Crippen LogP contribution in [0, 0.1) is 0 Å². The number of carbonyl (C=O) groups is 1. The Labute approximate surface area is 89.8 Å². The van der Waals surface area contributed by atoms with Gasteiger partial charge in [-0.1, -0.05) is 19.8 Å². The number of carbonyl (C=O) groups excluding carboxylic acids is 1. The average molecular weight is 248 g/mol. The highest BCUT2D eigenvalue weighted by Gasteiger charge is 2.65. The first-order chi connectivity index (χ1) is 7.13. The Bertz CT molecular complexity index is 237. The van der Waals surface area contributed by atoms with E-state index in [9.17, 15) is 26.7 Å². The summed E-state index contributed by atoms with van der Waals surface area (Å²) in [5.41, 5.74) is 0. The molecule has 2 nitrogen and oxygen atoms in total. The van der Waals surface area contributed by atoms with Crippen LogP contribution in [0.25, 0.3) is 0 Å². The van der Waals surface area contributed by atoms with Crippen LogP contribution in [0.5, 0.6) is 0 Å². The van der Waals surface area contributed by atoms with Crippen LogP contribution in [0.1, 0.15) is 33.1 Å². The molecule has 0 aliphatic heterocycles. The van der Waals surface area contributed by atoms with Gasteiger partial charge in [0.15, 0.2) is 0 Å². The fourth-order valence-electron chi connectivity index (χ4n) is 0.923. The van der Waals surface area contributed by atoms with E-state index < -0.39 is 24.2 Å². The molecule has 16 heavy (non-hydrogen) atoms. The molecule has 0 fully saturated rings. The standard InChI is InChI=1S/C9H13F5O2/c1-3-4-5-6(2)16-7(15)8(10,11)9(12,13)14/h6H,3-5H2,1-2H3. The lowest BCUT2D eigenvalue weighted by Gasteiger charge is -2.20. The molecular weight excluding hydrogens is 235 g/mol. The molecule has 0 saturated carbocycles.